The topological polar surface area (TPSA) is 78.4 Å². The SMILES string of the molecule is O=C(Nc1ccccc1C(F)(F)F)NC1(C(=O)O)CC1. The molecule has 2 amide bonds. The highest BCUT2D eigenvalue weighted by molar-refractivity contribution is 5.95. The van der Waals surface area contributed by atoms with Gasteiger partial charge in [-0.05, 0) is 25.0 Å². The van der Waals surface area contributed by atoms with Crippen LogP contribution in [-0.4, -0.2) is 22.6 Å². The highest BCUT2D eigenvalue weighted by Crippen LogP contribution is 2.36. The van der Waals surface area contributed by atoms with Crippen LogP contribution in [0.5, 0.6) is 0 Å². The lowest BCUT2D eigenvalue weighted by molar-refractivity contribution is -0.140. The van der Waals surface area contributed by atoms with Crippen molar-refractivity contribution in [2.75, 3.05) is 5.32 Å². The van der Waals surface area contributed by atoms with Gasteiger partial charge >= 0.3 is 18.2 Å². The molecule has 1 aliphatic rings. The van der Waals surface area contributed by atoms with Gasteiger partial charge in [0, 0.05) is 0 Å². The molecule has 2 rings (SSSR count). The summed E-state index contributed by atoms with van der Waals surface area (Å²) in [5.41, 5.74) is -2.76. The predicted molar refractivity (Wildman–Crippen MR) is 63.2 cm³/mol. The number of halogens is 3. The monoisotopic (exact) mass is 288 g/mol. The summed E-state index contributed by atoms with van der Waals surface area (Å²) >= 11 is 0. The second-order valence-corrected chi connectivity index (χ2v) is 4.51. The van der Waals surface area contributed by atoms with E-state index in [0.29, 0.717) is 0 Å². The van der Waals surface area contributed by atoms with Crippen LogP contribution in [0.1, 0.15) is 18.4 Å². The third kappa shape index (κ3) is 2.84. The summed E-state index contributed by atoms with van der Waals surface area (Å²) in [7, 11) is 0. The molecule has 1 aromatic rings. The molecule has 0 saturated heterocycles. The summed E-state index contributed by atoms with van der Waals surface area (Å²) < 4.78 is 38.1. The largest absolute Gasteiger partial charge is 0.480 e. The van der Waals surface area contributed by atoms with Crippen LogP contribution in [0, 0.1) is 0 Å². The molecule has 0 aromatic heterocycles. The standard InChI is InChI=1S/C12H11F3N2O3/c13-12(14,15)7-3-1-2-4-8(7)16-10(20)17-11(5-6-11)9(18)19/h1-4H,5-6H2,(H,18,19)(H2,16,17,20). The normalized spacial score (nSPS) is 16.4. The molecule has 0 bridgehead atoms. The van der Waals surface area contributed by atoms with E-state index in [4.69, 9.17) is 5.11 Å². The Labute approximate surface area is 111 Å². The lowest BCUT2D eigenvalue weighted by Gasteiger charge is -2.16. The maximum Gasteiger partial charge on any atom is 0.418 e. The number of anilines is 1. The number of urea groups is 1. The summed E-state index contributed by atoms with van der Waals surface area (Å²) in [6, 6.07) is 3.50. The number of para-hydroxylation sites is 1. The van der Waals surface area contributed by atoms with E-state index in [0.717, 1.165) is 12.1 Å². The average Bonchev–Trinajstić information content (AvgIpc) is 3.09. The third-order valence-electron chi connectivity index (χ3n) is 2.99. The lowest BCUT2D eigenvalue weighted by Crippen LogP contribution is -2.45. The van der Waals surface area contributed by atoms with Crippen LogP contribution in [0.4, 0.5) is 23.7 Å². The van der Waals surface area contributed by atoms with E-state index in [1.807, 2.05) is 5.32 Å². The number of carbonyl (C=O) groups excluding carboxylic acids is 1. The summed E-state index contributed by atoms with van der Waals surface area (Å²) in [6.07, 6.45) is -4.08. The summed E-state index contributed by atoms with van der Waals surface area (Å²) in [5.74, 6) is -1.20. The smallest absolute Gasteiger partial charge is 0.418 e. The van der Waals surface area contributed by atoms with Gasteiger partial charge in [-0.1, -0.05) is 12.1 Å². The molecule has 1 fully saturated rings. The number of carboxylic acid groups (broad SMARTS) is 1. The molecule has 1 saturated carbocycles. The van der Waals surface area contributed by atoms with Crippen molar-refractivity contribution < 1.29 is 27.9 Å². The first kappa shape index (κ1) is 14.2. The van der Waals surface area contributed by atoms with Gasteiger partial charge in [-0.2, -0.15) is 13.2 Å². The van der Waals surface area contributed by atoms with Crippen molar-refractivity contribution in [3.8, 4) is 0 Å². The molecule has 20 heavy (non-hydrogen) atoms. The van der Waals surface area contributed by atoms with E-state index < -0.39 is 35.0 Å². The minimum absolute atomic E-state index is 0.261. The Morgan fingerprint density at radius 2 is 1.80 bits per heavy atom. The Kier molecular flexibility index (Phi) is 3.33. The Balaban J connectivity index is 2.11. The predicted octanol–water partition coefficient (Wildman–Crippen LogP) is 2.44. The highest BCUT2D eigenvalue weighted by atomic mass is 19.4. The van der Waals surface area contributed by atoms with Gasteiger partial charge in [0.1, 0.15) is 5.54 Å². The summed E-state index contributed by atoms with van der Waals surface area (Å²) in [4.78, 5) is 22.5. The van der Waals surface area contributed by atoms with E-state index in [-0.39, 0.29) is 12.8 Å². The molecule has 0 heterocycles. The van der Waals surface area contributed by atoms with Crippen molar-refractivity contribution in [2.24, 2.45) is 0 Å². The number of benzene rings is 1. The van der Waals surface area contributed by atoms with Crippen molar-refractivity contribution in [1.29, 1.82) is 0 Å². The van der Waals surface area contributed by atoms with Crippen molar-refractivity contribution in [2.45, 2.75) is 24.6 Å². The maximum absolute atomic E-state index is 12.7. The summed E-state index contributed by atoms with van der Waals surface area (Å²) in [5, 5.41) is 13.1. The second-order valence-electron chi connectivity index (χ2n) is 4.51. The van der Waals surface area contributed by atoms with E-state index in [2.05, 4.69) is 5.32 Å². The highest BCUT2D eigenvalue weighted by Gasteiger charge is 2.51. The van der Waals surface area contributed by atoms with Crippen LogP contribution in [0.25, 0.3) is 0 Å². The number of carbonyl (C=O) groups is 2. The first-order valence-electron chi connectivity index (χ1n) is 5.73. The van der Waals surface area contributed by atoms with Gasteiger partial charge in [-0.3, -0.25) is 0 Å². The molecule has 0 spiro atoms. The minimum Gasteiger partial charge on any atom is -0.480 e. The molecule has 0 atom stereocenters. The molecule has 0 radical (unpaired) electrons. The van der Waals surface area contributed by atoms with Gasteiger partial charge in [0.15, 0.2) is 0 Å². The number of carboxylic acids is 1. The van der Waals surface area contributed by atoms with Crippen LogP contribution < -0.4 is 10.6 Å². The van der Waals surface area contributed by atoms with Crippen LogP contribution in [0.3, 0.4) is 0 Å². The van der Waals surface area contributed by atoms with Crippen LogP contribution >= 0.6 is 0 Å². The summed E-state index contributed by atoms with van der Waals surface area (Å²) in [6.45, 7) is 0. The third-order valence-corrected chi connectivity index (χ3v) is 2.99. The molecular weight excluding hydrogens is 277 g/mol. The Morgan fingerprint density at radius 3 is 2.30 bits per heavy atom. The van der Waals surface area contributed by atoms with Gasteiger partial charge < -0.3 is 15.7 Å². The zero-order chi connectivity index (χ0) is 15.0. The van der Waals surface area contributed by atoms with Crippen LogP contribution in [-0.2, 0) is 11.0 Å². The van der Waals surface area contributed by atoms with E-state index >= 15 is 0 Å². The molecule has 3 N–H and O–H groups in total. The number of rotatable bonds is 3. The molecule has 0 aliphatic heterocycles. The number of nitrogens with one attached hydrogen (secondary N) is 2. The van der Waals surface area contributed by atoms with E-state index in [9.17, 15) is 22.8 Å². The lowest BCUT2D eigenvalue weighted by atomic mass is 10.1. The maximum atomic E-state index is 12.7. The average molecular weight is 288 g/mol. The molecule has 0 unspecified atom stereocenters. The van der Waals surface area contributed by atoms with Crippen molar-refractivity contribution in [3.05, 3.63) is 29.8 Å². The molecule has 8 heteroatoms. The number of amides is 2. The first-order chi connectivity index (χ1) is 9.24. The fourth-order valence-electron chi connectivity index (χ4n) is 1.73. The Morgan fingerprint density at radius 1 is 1.20 bits per heavy atom. The first-order valence-corrected chi connectivity index (χ1v) is 5.73. The molecule has 1 aromatic carbocycles. The van der Waals surface area contributed by atoms with Crippen LogP contribution in [0.2, 0.25) is 0 Å². The number of alkyl halides is 3. The van der Waals surface area contributed by atoms with Crippen molar-refractivity contribution in [3.63, 3.8) is 0 Å². The Hall–Kier alpha value is -2.25. The quantitative estimate of drug-likeness (QED) is 0.799. The van der Waals surface area contributed by atoms with Gasteiger partial charge in [-0.25, -0.2) is 9.59 Å². The minimum atomic E-state index is -4.60. The van der Waals surface area contributed by atoms with Crippen molar-refractivity contribution >= 4 is 17.7 Å². The number of hydrogen-bond acceptors (Lipinski definition) is 2. The molecular formula is C12H11F3N2O3. The fourth-order valence-corrected chi connectivity index (χ4v) is 1.73. The van der Waals surface area contributed by atoms with Gasteiger partial charge in [0.25, 0.3) is 0 Å². The van der Waals surface area contributed by atoms with E-state index in [1.54, 1.807) is 0 Å². The fraction of sp³-hybridized carbons (Fsp3) is 0.333. The molecule has 5 nitrogen and oxygen atoms in total. The second kappa shape index (κ2) is 4.69. The number of aliphatic carboxylic acids is 1. The van der Waals surface area contributed by atoms with Gasteiger partial charge in [-0.15, -0.1) is 0 Å². The number of hydrogen-bond donors (Lipinski definition) is 3. The van der Waals surface area contributed by atoms with Crippen molar-refractivity contribution in [1.82, 2.24) is 5.32 Å². The molecule has 1 aliphatic carbocycles. The van der Waals surface area contributed by atoms with Crippen LogP contribution in [0.15, 0.2) is 24.3 Å². The molecule has 108 valence electrons. The van der Waals surface area contributed by atoms with Gasteiger partial charge in [0.2, 0.25) is 0 Å². The zero-order valence-corrected chi connectivity index (χ0v) is 10.1. The Bertz CT molecular complexity index is 553. The van der Waals surface area contributed by atoms with Gasteiger partial charge in [0.05, 0.1) is 11.3 Å². The zero-order valence-electron chi connectivity index (χ0n) is 10.1. The van der Waals surface area contributed by atoms with E-state index in [1.165, 1.54) is 12.1 Å².